The molecule has 9 nitrogen and oxygen atoms in total. The minimum atomic E-state index is -0.526. The highest BCUT2D eigenvalue weighted by Crippen LogP contribution is 2.27. The normalized spacial score (nSPS) is 13.1. The predicted octanol–water partition coefficient (Wildman–Crippen LogP) is 3.53. The maximum Gasteiger partial charge on any atom is 0.329 e. The maximum absolute atomic E-state index is 13.4. The SMILES string of the molecule is O=C(c1cccc(Cn2c(=O)[nH]c(=O)c3ccccc32)c1)N1C=CC(c2noc3cc(F)ccc23)=CN1. The molecule has 37 heavy (non-hydrogen) atoms. The Labute approximate surface area is 207 Å². The molecule has 5 aromatic rings. The zero-order valence-corrected chi connectivity index (χ0v) is 19.1. The van der Waals surface area contributed by atoms with Gasteiger partial charge in [0.05, 0.1) is 17.4 Å². The summed E-state index contributed by atoms with van der Waals surface area (Å²) >= 11 is 0. The van der Waals surface area contributed by atoms with Gasteiger partial charge in [0.25, 0.3) is 11.5 Å². The van der Waals surface area contributed by atoms with Crippen LogP contribution in [0.25, 0.3) is 27.4 Å². The van der Waals surface area contributed by atoms with Crippen LogP contribution >= 0.6 is 0 Å². The highest BCUT2D eigenvalue weighted by molar-refractivity contribution is 5.96. The van der Waals surface area contributed by atoms with Crippen LogP contribution in [0.1, 0.15) is 21.6 Å². The molecule has 2 N–H and O–H groups in total. The molecule has 2 aromatic heterocycles. The van der Waals surface area contributed by atoms with Crippen molar-refractivity contribution in [3.8, 4) is 0 Å². The average Bonchev–Trinajstić information content (AvgIpc) is 3.34. The highest BCUT2D eigenvalue weighted by atomic mass is 19.1. The molecule has 3 aromatic carbocycles. The fraction of sp³-hybridized carbons (Fsp3) is 0.0370. The number of hydrogen-bond acceptors (Lipinski definition) is 6. The van der Waals surface area contributed by atoms with Crippen molar-refractivity contribution in [2.24, 2.45) is 0 Å². The first-order chi connectivity index (χ1) is 18.0. The summed E-state index contributed by atoms with van der Waals surface area (Å²) in [6.45, 7) is 0.171. The molecule has 0 radical (unpaired) electrons. The molecule has 0 bridgehead atoms. The number of nitrogens with one attached hydrogen (secondary N) is 2. The van der Waals surface area contributed by atoms with Crippen molar-refractivity contribution in [3.63, 3.8) is 0 Å². The molecule has 0 spiro atoms. The molecular weight excluding hydrogens is 477 g/mol. The van der Waals surface area contributed by atoms with Crippen molar-refractivity contribution in [3.05, 3.63) is 129 Å². The third-order valence-corrected chi connectivity index (χ3v) is 6.11. The minimum Gasteiger partial charge on any atom is -0.356 e. The molecule has 1 amide bonds. The molecule has 3 heterocycles. The van der Waals surface area contributed by atoms with E-state index in [1.807, 2.05) is 0 Å². The third kappa shape index (κ3) is 4.00. The van der Waals surface area contributed by atoms with Gasteiger partial charge in [-0.25, -0.2) is 14.2 Å². The van der Waals surface area contributed by atoms with Crippen molar-refractivity contribution in [2.75, 3.05) is 0 Å². The van der Waals surface area contributed by atoms with Gasteiger partial charge in [-0.15, -0.1) is 0 Å². The van der Waals surface area contributed by atoms with Gasteiger partial charge in [-0.3, -0.25) is 24.6 Å². The number of carbonyl (C=O) groups is 1. The summed E-state index contributed by atoms with van der Waals surface area (Å²) in [6.07, 6.45) is 4.87. The molecule has 0 saturated carbocycles. The second-order valence-corrected chi connectivity index (χ2v) is 8.45. The average molecular weight is 495 g/mol. The van der Waals surface area contributed by atoms with E-state index in [9.17, 15) is 18.8 Å². The van der Waals surface area contributed by atoms with Crippen LogP contribution in [0.3, 0.4) is 0 Å². The van der Waals surface area contributed by atoms with E-state index in [1.54, 1.807) is 73.1 Å². The number of benzene rings is 3. The second-order valence-electron chi connectivity index (χ2n) is 8.45. The Bertz CT molecular complexity index is 1880. The number of hydrazine groups is 1. The fourth-order valence-electron chi connectivity index (χ4n) is 4.30. The minimum absolute atomic E-state index is 0.171. The van der Waals surface area contributed by atoms with Crippen LogP contribution in [0.5, 0.6) is 0 Å². The van der Waals surface area contributed by atoms with Gasteiger partial charge in [0.1, 0.15) is 11.5 Å². The molecule has 6 rings (SSSR count). The first-order valence-electron chi connectivity index (χ1n) is 11.3. The van der Waals surface area contributed by atoms with Gasteiger partial charge in [0.15, 0.2) is 5.58 Å². The molecule has 1 aliphatic heterocycles. The van der Waals surface area contributed by atoms with E-state index in [0.29, 0.717) is 44.3 Å². The van der Waals surface area contributed by atoms with Crippen LogP contribution in [-0.4, -0.2) is 25.6 Å². The number of para-hydroxylation sites is 1. The molecule has 0 atom stereocenters. The molecule has 0 unspecified atom stereocenters. The molecular formula is C27H18FN5O4. The lowest BCUT2D eigenvalue weighted by Crippen LogP contribution is -2.37. The van der Waals surface area contributed by atoms with Gasteiger partial charge in [-0.05, 0) is 48.0 Å². The predicted molar refractivity (Wildman–Crippen MR) is 135 cm³/mol. The maximum atomic E-state index is 13.4. The van der Waals surface area contributed by atoms with Crippen LogP contribution in [0, 0.1) is 5.82 Å². The van der Waals surface area contributed by atoms with Crippen LogP contribution in [0.15, 0.2) is 99.3 Å². The zero-order valence-electron chi connectivity index (χ0n) is 19.1. The number of fused-ring (bicyclic) bond motifs is 2. The highest BCUT2D eigenvalue weighted by Gasteiger charge is 2.19. The van der Waals surface area contributed by atoms with E-state index in [2.05, 4.69) is 15.6 Å². The number of aromatic nitrogens is 3. The molecule has 0 saturated heterocycles. The lowest BCUT2D eigenvalue weighted by atomic mass is 10.1. The van der Waals surface area contributed by atoms with E-state index in [-0.39, 0.29) is 12.5 Å². The number of carbonyl (C=O) groups excluding carboxylic acids is 1. The van der Waals surface area contributed by atoms with E-state index in [1.165, 1.54) is 21.7 Å². The molecule has 1 aliphatic rings. The number of allylic oxidation sites excluding steroid dienone is 2. The molecule has 0 aliphatic carbocycles. The van der Waals surface area contributed by atoms with Crippen molar-refractivity contribution < 1.29 is 13.7 Å². The summed E-state index contributed by atoms with van der Waals surface area (Å²) in [5, 5.41) is 6.39. The largest absolute Gasteiger partial charge is 0.356 e. The molecule has 182 valence electrons. The monoisotopic (exact) mass is 495 g/mol. The van der Waals surface area contributed by atoms with E-state index < -0.39 is 17.1 Å². The van der Waals surface area contributed by atoms with E-state index >= 15 is 0 Å². The van der Waals surface area contributed by atoms with Crippen LogP contribution < -0.4 is 16.7 Å². The van der Waals surface area contributed by atoms with Gasteiger partial charge in [-0.2, -0.15) is 0 Å². The van der Waals surface area contributed by atoms with Crippen molar-refractivity contribution in [2.45, 2.75) is 6.54 Å². The number of amides is 1. The second kappa shape index (κ2) is 8.76. The number of aromatic amines is 1. The Morgan fingerprint density at radius 2 is 1.86 bits per heavy atom. The summed E-state index contributed by atoms with van der Waals surface area (Å²) < 4.78 is 20.1. The molecule has 10 heteroatoms. The van der Waals surface area contributed by atoms with E-state index in [4.69, 9.17) is 4.52 Å². The van der Waals surface area contributed by atoms with Gasteiger partial charge in [0, 0.05) is 35.0 Å². The first-order valence-corrected chi connectivity index (χ1v) is 11.3. The van der Waals surface area contributed by atoms with Crippen molar-refractivity contribution in [1.29, 1.82) is 0 Å². The Morgan fingerprint density at radius 1 is 1.00 bits per heavy atom. The van der Waals surface area contributed by atoms with Crippen LogP contribution in [-0.2, 0) is 6.54 Å². The summed E-state index contributed by atoms with van der Waals surface area (Å²) in [5.41, 5.74) is 5.08. The number of nitrogens with zero attached hydrogens (tertiary/aromatic N) is 3. The standard InChI is InChI=1S/C27H18FN5O4/c28-19-8-9-21-23(13-19)37-31-24(21)18-10-11-33(29-14-18)26(35)17-5-3-4-16(12-17)15-32-22-7-2-1-6-20(22)25(34)30-27(32)36/h1-14,29H,15H2,(H,30,34,36). The van der Waals surface area contributed by atoms with Crippen molar-refractivity contribution >= 4 is 33.4 Å². The number of H-pyrrole nitrogens is 1. The van der Waals surface area contributed by atoms with Gasteiger partial charge in [0.2, 0.25) is 0 Å². The fourth-order valence-corrected chi connectivity index (χ4v) is 4.30. The Hall–Kier alpha value is -5.25. The summed E-state index contributed by atoms with van der Waals surface area (Å²) in [6, 6.07) is 17.9. The van der Waals surface area contributed by atoms with Gasteiger partial charge < -0.3 is 4.52 Å². The number of halogens is 1. The lowest BCUT2D eigenvalue weighted by molar-refractivity contribution is 0.0780. The lowest BCUT2D eigenvalue weighted by Gasteiger charge is -2.22. The van der Waals surface area contributed by atoms with E-state index in [0.717, 1.165) is 0 Å². The Balaban J connectivity index is 1.24. The van der Waals surface area contributed by atoms with Crippen LogP contribution in [0.2, 0.25) is 0 Å². The summed E-state index contributed by atoms with van der Waals surface area (Å²) in [7, 11) is 0. The smallest absolute Gasteiger partial charge is 0.329 e. The zero-order chi connectivity index (χ0) is 25.5. The topological polar surface area (TPSA) is 113 Å². The third-order valence-electron chi connectivity index (χ3n) is 6.11. The number of hydrogen-bond donors (Lipinski definition) is 2. The first kappa shape index (κ1) is 22.2. The summed E-state index contributed by atoms with van der Waals surface area (Å²) in [4.78, 5) is 40.2. The summed E-state index contributed by atoms with van der Waals surface area (Å²) in [5.74, 6) is -0.738. The van der Waals surface area contributed by atoms with Crippen molar-refractivity contribution in [1.82, 2.24) is 25.1 Å². The Morgan fingerprint density at radius 3 is 2.70 bits per heavy atom. The number of rotatable bonds is 4. The van der Waals surface area contributed by atoms with Gasteiger partial charge in [-0.1, -0.05) is 29.4 Å². The van der Waals surface area contributed by atoms with Crippen LogP contribution in [0.4, 0.5) is 4.39 Å². The molecule has 0 fully saturated rings. The quantitative estimate of drug-likeness (QED) is 0.394. The van der Waals surface area contributed by atoms with Gasteiger partial charge >= 0.3 is 5.69 Å². The Kier molecular flexibility index (Phi) is 5.26.